The third-order valence-electron chi connectivity index (χ3n) is 3.67. The Kier molecular flexibility index (Phi) is 5.29. The number of aliphatic carboxylic acids is 1. The first kappa shape index (κ1) is 18.0. The fourth-order valence-corrected chi connectivity index (χ4v) is 2.46. The number of likely N-dealkylation sites (N-methyl/N-ethyl adjacent to an activating group) is 1. The third-order valence-corrected chi connectivity index (χ3v) is 3.67. The van der Waals surface area contributed by atoms with E-state index in [1.165, 1.54) is 0 Å². The first-order chi connectivity index (χ1) is 11.2. The van der Waals surface area contributed by atoms with Crippen LogP contribution in [0.15, 0.2) is 30.5 Å². The fourth-order valence-electron chi connectivity index (χ4n) is 2.46. The normalized spacial score (nSPS) is 11.8. The summed E-state index contributed by atoms with van der Waals surface area (Å²) in [6.07, 6.45) is 1.99. The molecule has 0 spiro atoms. The molecular weight excluding hydrogens is 306 g/mol. The summed E-state index contributed by atoms with van der Waals surface area (Å²) in [5, 5.41) is 13.7. The lowest BCUT2D eigenvalue weighted by molar-refractivity contribution is -0.138. The van der Waals surface area contributed by atoms with E-state index in [-0.39, 0.29) is 12.1 Å². The molecule has 0 aliphatic carbocycles. The summed E-state index contributed by atoms with van der Waals surface area (Å²) in [5.41, 5.74) is 2.64. The molecule has 0 radical (unpaired) electrons. The number of carbonyl (C=O) groups is 1. The highest BCUT2D eigenvalue weighted by atomic mass is 16.5. The molecule has 130 valence electrons. The van der Waals surface area contributed by atoms with Crippen LogP contribution in [0, 0.1) is 0 Å². The van der Waals surface area contributed by atoms with Crippen molar-refractivity contribution in [3.63, 3.8) is 0 Å². The molecule has 1 aromatic carbocycles. The van der Waals surface area contributed by atoms with Crippen LogP contribution in [0.1, 0.15) is 26.3 Å². The number of benzene rings is 1. The SMILES string of the molecule is COc1cccc(-c2nn(C(C)(C)C)cc2CN(C)CC(=O)O)c1. The Labute approximate surface area is 142 Å². The molecule has 0 bridgehead atoms. The topological polar surface area (TPSA) is 67.6 Å². The molecule has 6 heteroatoms. The molecule has 0 saturated heterocycles. The first-order valence-electron chi connectivity index (χ1n) is 7.84. The number of carboxylic acids is 1. The van der Waals surface area contributed by atoms with Gasteiger partial charge < -0.3 is 9.84 Å². The summed E-state index contributed by atoms with van der Waals surface area (Å²) in [7, 11) is 3.42. The van der Waals surface area contributed by atoms with E-state index in [9.17, 15) is 4.79 Å². The van der Waals surface area contributed by atoms with E-state index in [2.05, 4.69) is 20.8 Å². The molecule has 0 saturated carbocycles. The summed E-state index contributed by atoms with van der Waals surface area (Å²) < 4.78 is 7.22. The minimum atomic E-state index is -0.844. The van der Waals surface area contributed by atoms with Crippen LogP contribution in [0.5, 0.6) is 5.75 Å². The van der Waals surface area contributed by atoms with Crippen LogP contribution in [-0.2, 0) is 16.9 Å². The molecule has 0 fully saturated rings. The standard InChI is InChI=1S/C18H25N3O3/c1-18(2,3)21-11-14(10-20(4)12-16(22)23)17(19-21)13-7-6-8-15(9-13)24-5/h6-9,11H,10,12H2,1-5H3,(H,22,23). The van der Waals surface area contributed by atoms with Crippen molar-refractivity contribution in [1.29, 1.82) is 0 Å². The predicted molar refractivity (Wildman–Crippen MR) is 93.2 cm³/mol. The number of ether oxygens (including phenoxy) is 1. The van der Waals surface area contributed by atoms with Gasteiger partial charge in [0.1, 0.15) is 5.75 Å². The van der Waals surface area contributed by atoms with Gasteiger partial charge in [-0.1, -0.05) is 12.1 Å². The van der Waals surface area contributed by atoms with Gasteiger partial charge in [0.2, 0.25) is 0 Å². The second-order valence-corrected chi connectivity index (χ2v) is 6.92. The van der Waals surface area contributed by atoms with Crippen LogP contribution in [0.2, 0.25) is 0 Å². The van der Waals surface area contributed by atoms with Crippen molar-refractivity contribution in [3.8, 4) is 17.0 Å². The molecule has 0 amide bonds. The van der Waals surface area contributed by atoms with Gasteiger partial charge in [-0.15, -0.1) is 0 Å². The van der Waals surface area contributed by atoms with E-state index in [1.54, 1.807) is 19.1 Å². The van der Waals surface area contributed by atoms with Crippen molar-refractivity contribution in [2.75, 3.05) is 20.7 Å². The minimum Gasteiger partial charge on any atom is -0.497 e. The highest BCUT2D eigenvalue weighted by molar-refractivity contribution is 5.69. The van der Waals surface area contributed by atoms with E-state index in [4.69, 9.17) is 14.9 Å². The molecule has 6 nitrogen and oxygen atoms in total. The van der Waals surface area contributed by atoms with Gasteiger partial charge >= 0.3 is 5.97 Å². The Morgan fingerprint density at radius 1 is 1.38 bits per heavy atom. The summed E-state index contributed by atoms with van der Waals surface area (Å²) in [5.74, 6) is -0.0775. The number of hydrogen-bond acceptors (Lipinski definition) is 4. The van der Waals surface area contributed by atoms with E-state index in [1.807, 2.05) is 35.1 Å². The summed E-state index contributed by atoms with van der Waals surface area (Å²) in [4.78, 5) is 12.7. The van der Waals surface area contributed by atoms with Crippen molar-refractivity contribution >= 4 is 5.97 Å². The molecule has 2 rings (SSSR count). The van der Waals surface area contributed by atoms with E-state index in [0.29, 0.717) is 6.54 Å². The van der Waals surface area contributed by atoms with Gasteiger partial charge in [-0.3, -0.25) is 14.4 Å². The Hall–Kier alpha value is -2.34. The Balaban J connectivity index is 2.44. The van der Waals surface area contributed by atoms with Crippen LogP contribution >= 0.6 is 0 Å². The zero-order valence-electron chi connectivity index (χ0n) is 14.9. The number of aromatic nitrogens is 2. The van der Waals surface area contributed by atoms with Gasteiger partial charge in [0.15, 0.2) is 0 Å². The third kappa shape index (κ3) is 4.35. The van der Waals surface area contributed by atoms with E-state index >= 15 is 0 Å². The van der Waals surface area contributed by atoms with E-state index in [0.717, 1.165) is 22.6 Å². The van der Waals surface area contributed by atoms with Crippen LogP contribution in [0.4, 0.5) is 0 Å². The van der Waals surface area contributed by atoms with Crippen LogP contribution < -0.4 is 4.74 Å². The highest BCUT2D eigenvalue weighted by Crippen LogP contribution is 2.28. The van der Waals surface area contributed by atoms with Crippen LogP contribution in [0.25, 0.3) is 11.3 Å². The minimum absolute atomic E-state index is 0.0156. The van der Waals surface area contributed by atoms with Crippen LogP contribution in [-0.4, -0.2) is 46.5 Å². The lowest BCUT2D eigenvalue weighted by Crippen LogP contribution is -2.25. The molecule has 24 heavy (non-hydrogen) atoms. The number of carboxylic acid groups (broad SMARTS) is 1. The lowest BCUT2D eigenvalue weighted by atomic mass is 10.1. The first-order valence-corrected chi connectivity index (χ1v) is 7.84. The average Bonchev–Trinajstić information content (AvgIpc) is 2.90. The Morgan fingerprint density at radius 3 is 2.67 bits per heavy atom. The summed E-state index contributed by atoms with van der Waals surface area (Å²) in [6.45, 7) is 6.74. The van der Waals surface area contributed by atoms with Gasteiger partial charge in [-0.25, -0.2) is 0 Å². The maximum atomic E-state index is 10.9. The van der Waals surface area contributed by atoms with Crippen molar-refractivity contribution in [2.24, 2.45) is 0 Å². The van der Waals surface area contributed by atoms with Gasteiger partial charge in [-0.05, 0) is 40.0 Å². The Bertz CT molecular complexity index is 717. The van der Waals surface area contributed by atoms with Crippen LogP contribution in [0.3, 0.4) is 0 Å². The second-order valence-electron chi connectivity index (χ2n) is 6.92. The molecule has 1 aromatic heterocycles. The number of rotatable bonds is 6. The zero-order chi connectivity index (χ0) is 17.9. The molecule has 0 atom stereocenters. The lowest BCUT2D eigenvalue weighted by Gasteiger charge is -2.19. The number of methoxy groups -OCH3 is 1. The molecular formula is C18H25N3O3. The molecule has 1 heterocycles. The molecule has 0 unspecified atom stereocenters. The number of hydrogen-bond donors (Lipinski definition) is 1. The average molecular weight is 331 g/mol. The van der Waals surface area contributed by atoms with Crippen molar-refractivity contribution < 1.29 is 14.6 Å². The molecule has 0 aliphatic rings. The maximum absolute atomic E-state index is 10.9. The summed E-state index contributed by atoms with van der Waals surface area (Å²) >= 11 is 0. The number of nitrogens with zero attached hydrogens (tertiary/aromatic N) is 3. The second kappa shape index (κ2) is 7.05. The predicted octanol–water partition coefficient (Wildman–Crippen LogP) is 2.83. The van der Waals surface area contributed by atoms with Gasteiger partial charge in [0.25, 0.3) is 0 Å². The monoisotopic (exact) mass is 331 g/mol. The van der Waals surface area contributed by atoms with Gasteiger partial charge in [-0.2, -0.15) is 5.10 Å². The molecule has 1 N–H and O–H groups in total. The molecule has 0 aliphatic heterocycles. The quantitative estimate of drug-likeness (QED) is 0.881. The zero-order valence-corrected chi connectivity index (χ0v) is 14.9. The Morgan fingerprint density at radius 2 is 2.08 bits per heavy atom. The molecule has 2 aromatic rings. The van der Waals surface area contributed by atoms with E-state index < -0.39 is 5.97 Å². The largest absolute Gasteiger partial charge is 0.497 e. The van der Waals surface area contributed by atoms with Gasteiger partial charge in [0, 0.05) is 23.9 Å². The smallest absolute Gasteiger partial charge is 0.317 e. The fraction of sp³-hybridized carbons (Fsp3) is 0.444. The van der Waals surface area contributed by atoms with Crippen molar-refractivity contribution in [1.82, 2.24) is 14.7 Å². The highest BCUT2D eigenvalue weighted by Gasteiger charge is 2.20. The maximum Gasteiger partial charge on any atom is 0.317 e. The van der Waals surface area contributed by atoms with Crippen molar-refractivity contribution in [3.05, 3.63) is 36.0 Å². The van der Waals surface area contributed by atoms with Crippen molar-refractivity contribution in [2.45, 2.75) is 32.9 Å². The van der Waals surface area contributed by atoms with Gasteiger partial charge in [0.05, 0.1) is 24.9 Å². The summed E-state index contributed by atoms with van der Waals surface area (Å²) in [6, 6.07) is 7.74.